The maximum atomic E-state index is 12.4. The van der Waals surface area contributed by atoms with Crippen LogP contribution in [0.15, 0.2) is 60.9 Å². The lowest BCUT2D eigenvalue weighted by molar-refractivity contribution is 0.554. The third-order valence-electron chi connectivity index (χ3n) is 3.92. The molecule has 0 saturated carbocycles. The van der Waals surface area contributed by atoms with Gasteiger partial charge >= 0.3 is 11.3 Å². The van der Waals surface area contributed by atoms with Crippen LogP contribution < -0.4 is 11.3 Å². The molecule has 0 N–H and O–H groups in total. The molecule has 0 unspecified atom stereocenters. The first-order valence-corrected chi connectivity index (χ1v) is 7.48. The molecule has 0 bridgehead atoms. The van der Waals surface area contributed by atoms with Gasteiger partial charge in [-0.1, -0.05) is 18.2 Å². The van der Waals surface area contributed by atoms with Gasteiger partial charge in [-0.05, 0) is 43.2 Å². The molecule has 24 heavy (non-hydrogen) atoms. The lowest BCUT2D eigenvalue weighted by atomic mass is 10.0. The number of para-hydroxylation sites is 2. The molecule has 5 heteroatoms. The van der Waals surface area contributed by atoms with Crippen LogP contribution in [0.25, 0.3) is 33.3 Å². The first kappa shape index (κ1) is 14.4. The van der Waals surface area contributed by atoms with E-state index < -0.39 is 11.3 Å². The SMILES string of the molecule is Cc1cc(C)c2oc(=O)cc(-c3nc4ccccc4oc3=O)c2c1. The second-order valence-electron chi connectivity index (χ2n) is 5.76. The second kappa shape index (κ2) is 5.16. The Bertz CT molecular complexity index is 1220. The van der Waals surface area contributed by atoms with Crippen LogP contribution in [-0.2, 0) is 0 Å². The van der Waals surface area contributed by atoms with Crippen molar-refractivity contribution in [2.45, 2.75) is 13.8 Å². The number of rotatable bonds is 1. The minimum Gasteiger partial charge on any atom is -0.422 e. The van der Waals surface area contributed by atoms with Crippen molar-refractivity contribution in [2.75, 3.05) is 0 Å². The molecule has 0 fully saturated rings. The zero-order chi connectivity index (χ0) is 16.8. The zero-order valence-electron chi connectivity index (χ0n) is 13.1. The van der Waals surface area contributed by atoms with E-state index in [0.717, 1.165) is 11.1 Å². The molecule has 4 aromatic rings. The maximum absolute atomic E-state index is 12.4. The number of aryl methyl sites for hydroxylation is 2. The van der Waals surface area contributed by atoms with Crippen LogP contribution in [0.4, 0.5) is 0 Å². The molecular weight excluding hydrogens is 306 g/mol. The van der Waals surface area contributed by atoms with Gasteiger partial charge in [-0.25, -0.2) is 14.6 Å². The van der Waals surface area contributed by atoms with Gasteiger partial charge in [0, 0.05) is 17.0 Å². The summed E-state index contributed by atoms with van der Waals surface area (Å²) in [6, 6.07) is 12.1. The normalized spacial score (nSPS) is 11.2. The van der Waals surface area contributed by atoms with Gasteiger partial charge in [0.15, 0.2) is 11.3 Å². The maximum Gasteiger partial charge on any atom is 0.363 e. The summed E-state index contributed by atoms with van der Waals surface area (Å²) in [7, 11) is 0. The molecule has 0 atom stereocenters. The topological polar surface area (TPSA) is 73.3 Å². The minimum atomic E-state index is -0.584. The Kier molecular flexibility index (Phi) is 3.09. The Morgan fingerprint density at radius 2 is 1.75 bits per heavy atom. The summed E-state index contributed by atoms with van der Waals surface area (Å²) in [6.07, 6.45) is 0. The third kappa shape index (κ3) is 2.22. The highest BCUT2D eigenvalue weighted by Gasteiger charge is 2.16. The number of nitrogens with zero attached hydrogens (tertiary/aromatic N) is 1. The van der Waals surface area contributed by atoms with Crippen molar-refractivity contribution in [1.29, 1.82) is 0 Å². The van der Waals surface area contributed by atoms with E-state index in [-0.39, 0.29) is 5.69 Å². The number of aromatic nitrogens is 1. The molecule has 0 amide bonds. The van der Waals surface area contributed by atoms with Crippen molar-refractivity contribution in [3.63, 3.8) is 0 Å². The Labute approximate surface area is 136 Å². The minimum absolute atomic E-state index is 0.108. The molecule has 0 aliphatic carbocycles. The van der Waals surface area contributed by atoms with E-state index in [4.69, 9.17) is 8.83 Å². The van der Waals surface area contributed by atoms with Gasteiger partial charge in [0.1, 0.15) is 11.1 Å². The Balaban J connectivity index is 2.16. The molecule has 0 aliphatic rings. The summed E-state index contributed by atoms with van der Waals surface area (Å²) in [5, 5.41) is 0.669. The van der Waals surface area contributed by atoms with Crippen molar-refractivity contribution in [2.24, 2.45) is 0 Å². The standard InChI is InChI=1S/C19H13NO4/c1-10-7-11(2)18-13(8-10)12(9-16(21)24-18)17-19(22)23-15-6-4-3-5-14(15)20-17/h3-9H,1-2H3. The molecule has 4 rings (SSSR count). The van der Waals surface area contributed by atoms with Crippen molar-refractivity contribution in [3.05, 3.63) is 74.4 Å². The molecule has 2 aromatic carbocycles. The highest BCUT2D eigenvalue weighted by molar-refractivity contribution is 5.94. The van der Waals surface area contributed by atoms with E-state index in [1.165, 1.54) is 6.07 Å². The van der Waals surface area contributed by atoms with E-state index in [2.05, 4.69) is 4.98 Å². The predicted molar refractivity (Wildman–Crippen MR) is 91.2 cm³/mol. The summed E-state index contributed by atoms with van der Waals surface area (Å²) in [5.74, 6) is 0. The average Bonchev–Trinajstić information content (AvgIpc) is 2.54. The summed E-state index contributed by atoms with van der Waals surface area (Å²) < 4.78 is 10.7. The number of hydrogen-bond acceptors (Lipinski definition) is 5. The van der Waals surface area contributed by atoms with Gasteiger partial charge in [-0.15, -0.1) is 0 Å². The lowest BCUT2D eigenvalue weighted by Crippen LogP contribution is -2.09. The van der Waals surface area contributed by atoms with Crippen molar-refractivity contribution in [3.8, 4) is 11.3 Å². The fourth-order valence-electron chi connectivity index (χ4n) is 2.93. The van der Waals surface area contributed by atoms with Crippen LogP contribution in [0.1, 0.15) is 11.1 Å². The van der Waals surface area contributed by atoms with Gasteiger partial charge in [-0.3, -0.25) is 0 Å². The van der Waals surface area contributed by atoms with E-state index >= 15 is 0 Å². The summed E-state index contributed by atoms with van der Waals surface area (Å²) in [4.78, 5) is 28.8. The van der Waals surface area contributed by atoms with Gasteiger partial charge in [0.2, 0.25) is 0 Å². The van der Waals surface area contributed by atoms with E-state index in [0.29, 0.717) is 27.6 Å². The second-order valence-corrected chi connectivity index (χ2v) is 5.76. The first-order chi connectivity index (χ1) is 11.5. The summed E-state index contributed by atoms with van der Waals surface area (Å²) in [5.41, 5.74) is 2.67. The van der Waals surface area contributed by atoms with Gasteiger partial charge in [0.25, 0.3) is 0 Å². The molecule has 0 radical (unpaired) electrons. The highest BCUT2D eigenvalue weighted by Crippen LogP contribution is 2.28. The Hall–Kier alpha value is -3.21. The van der Waals surface area contributed by atoms with Crippen LogP contribution in [0.3, 0.4) is 0 Å². The highest BCUT2D eigenvalue weighted by atomic mass is 16.4. The first-order valence-electron chi connectivity index (χ1n) is 7.48. The van der Waals surface area contributed by atoms with E-state index in [1.807, 2.05) is 32.0 Å². The van der Waals surface area contributed by atoms with Gasteiger partial charge in [-0.2, -0.15) is 0 Å². The number of fused-ring (bicyclic) bond motifs is 2. The van der Waals surface area contributed by atoms with Crippen molar-refractivity contribution in [1.82, 2.24) is 4.98 Å². The Morgan fingerprint density at radius 1 is 0.958 bits per heavy atom. The van der Waals surface area contributed by atoms with Crippen LogP contribution >= 0.6 is 0 Å². The van der Waals surface area contributed by atoms with Gasteiger partial charge < -0.3 is 8.83 Å². The molecular formula is C19H13NO4. The fraction of sp³-hybridized carbons (Fsp3) is 0.105. The van der Waals surface area contributed by atoms with Crippen molar-refractivity contribution >= 4 is 22.1 Å². The molecule has 0 saturated heterocycles. The number of benzene rings is 2. The monoisotopic (exact) mass is 319 g/mol. The van der Waals surface area contributed by atoms with Crippen LogP contribution in [-0.4, -0.2) is 4.98 Å². The summed E-state index contributed by atoms with van der Waals surface area (Å²) in [6.45, 7) is 3.80. The van der Waals surface area contributed by atoms with E-state index in [1.54, 1.807) is 18.2 Å². The third-order valence-corrected chi connectivity index (χ3v) is 3.92. The molecule has 0 spiro atoms. The molecule has 0 aliphatic heterocycles. The quantitative estimate of drug-likeness (QED) is 0.501. The predicted octanol–water partition coefficient (Wildman–Crippen LogP) is 3.58. The van der Waals surface area contributed by atoms with Crippen LogP contribution in [0.5, 0.6) is 0 Å². The lowest BCUT2D eigenvalue weighted by Gasteiger charge is -2.08. The molecule has 118 valence electrons. The summed E-state index contributed by atoms with van der Waals surface area (Å²) >= 11 is 0. The molecule has 2 aromatic heterocycles. The van der Waals surface area contributed by atoms with E-state index in [9.17, 15) is 9.59 Å². The molecule has 5 nitrogen and oxygen atoms in total. The zero-order valence-corrected chi connectivity index (χ0v) is 13.1. The van der Waals surface area contributed by atoms with Crippen LogP contribution in [0, 0.1) is 13.8 Å². The van der Waals surface area contributed by atoms with Crippen molar-refractivity contribution < 1.29 is 8.83 Å². The Morgan fingerprint density at radius 3 is 2.58 bits per heavy atom. The number of hydrogen-bond donors (Lipinski definition) is 0. The smallest absolute Gasteiger partial charge is 0.363 e. The van der Waals surface area contributed by atoms with Crippen LogP contribution in [0.2, 0.25) is 0 Å². The average molecular weight is 319 g/mol. The fourth-order valence-corrected chi connectivity index (χ4v) is 2.93. The van der Waals surface area contributed by atoms with Gasteiger partial charge in [0.05, 0.1) is 0 Å². The molecule has 2 heterocycles. The largest absolute Gasteiger partial charge is 0.422 e.